The number of nitrogens with two attached hydrogens (primary N) is 1. The van der Waals surface area contributed by atoms with Crippen molar-refractivity contribution in [3.05, 3.63) is 22.7 Å². The average molecular weight is 276 g/mol. The maximum Gasteiger partial charge on any atom is 0.417 e. The van der Waals surface area contributed by atoms with Gasteiger partial charge in [0, 0.05) is 12.1 Å². The Balaban J connectivity index is 1.80. The number of oxazole rings is 1. The molecule has 1 aliphatic rings. The molecule has 20 heavy (non-hydrogen) atoms. The van der Waals surface area contributed by atoms with Gasteiger partial charge in [0.15, 0.2) is 5.58 Å². The number of aromatic amines is 1. The lowest BCUT2D eigenvalue weighted by molar-refractivity contribution is -0.121. The quantitative estimate of drug-likeness (QED) is 0.616. The molecule has 1 atom stereocenters. The third kappa shape index (κ3) is 2.47. The Labute approximate surface area is 114 Å². The van der Waals surface area contributed by atoms with Crippen LogP contribution >= 0.6 is 0 Å². The van der Waals surface area contributed by atoms with Gasteiger partial charge in [-0.05, 0) is 25.8 Å². The highest BCUT2D eigenvalue weighted by Crippen LogP contribution is 2.25. The molecule has 1 unspecified atom stereocenters. The van der Waals surface area contributed by atoms with Gasteiger partial charge in [0.2, 0.25) is 5.91 Å². The van der Waals surface area contributed by atoms with Crippen LogP contribution in [0.3, 0.4) is 0 Å². The Morgan fingerprint density at radius 1 is 1.50 bits per heavy atom. The van der Waals surface area contributed by atoms with Gasteiger partial charge in [-0.15, -0.1) is 0 Å². The minimum atomic E-state index is -0.531. The summed E-state index contributed by atoms with van der Waals surface area (Å²) in [4.78, 5) is 25.6. The Bertz CT molecular complexity index is 714. The molecule has 1 amide bonds. The summed E-state index contributed by atoms with van der Waals surface area (Å²) in [5.74, 6) is -0.594. The molecule has 1 aromatic heterocycles. The first kappa shape index (κ1) is 12.6. The molecule has 1 saturated carbocycles. The molecular formula is C13H16N4O3. The summed E-state index contributed by atoms with van der Waals surface area (Å²) in [5, 5.41) is 5.96. The number of rotatable bonds is 4. The van der Waals surface area contributed by atoms with E-state index >= 15 is 0 Å². The molecular weight excluding hydrogens is 260 g/mol. The molecule has 0 saturated heterocycles. The largest absolute Gasteiger partial charge is 0.417 e. The summed E-state index contributed by atoms with van der Waals surface area (Å²) in [6, 6.07) is 3.13. The first-order chi connectivity index (χ1) is 9.52. The number of fused-ring (bicyclic) bond motifs is 1. The molecule has 106 valence electrons. The van der Waals surface area contributed by atoms with Crippen LogP contribution in [-0.2, 0) is 4.79 Å². The third-order valence-corrected chi connectivity index (χ3v) is 3.28. The fraction of sp³-hybridized carbons (Fsp3) is 0.385. The second-order valence-electron chi connectivity index (χ2n) is 5.10. The molecule has 7 heteroatoms. The first-order valence-electron chi connectivity index (χ1n) is 6.52. The van der Waals surface area contributed by atoms with Crippen molar-refractivity contribution < 1.29 is 9.21 Å². The number of carbonyl (C=O) groups is 1. The number of hydrogen-bond acceptors (Lipinski definition) is 5. The van der Waals surface area contributed by atoms with Crippen molar-refractivity contribution >= 4 is 28.4 Å². The predicted molar refractivity (Wildman–Crippen MR) is 75.5 cm³/mol. The summed E-state index contributed by atoms with van der Waals surface area (Å²) in [6.45, 7) is 1.76. The van der Waals surface area contributed by atoms with E-state index in [4.69, 9.17) is 10.2 Å². The van der Waals surface area contributed by atoms with Crippen molar-refractivity contribution in [2.24, 2.45) is 0 Å². The molecule has 1 aromatic carbocycles. The lowest BCUT2D eigenvalue weighted by atomic mass is 10.2. The molecule has 0 bridgehead atoms. The second kappa shape index (κ2) is 4.59. The molecule has 7 nitrogen and oxygen atoms in total. The topological polar surface area (TPSA) is 113 Å². The van der Waals surface area contributed by atoms with Crippen LogP contribution in [0.4, 0.5) is 11.4 Å². The molecule has 2 aromatic rings. The van der Waals surface area contributed by atoms with Crippen molar-refractivity contribution in [1.29, 1.82) is 0 Å². The predicted octanol–water partition coefficient (Wildman–Crippen LogP) is 0.782. The Morgan fingerprint density at radius 2 is 2.25 bits per heavy atom. The fourth-order valence-electron chi connectivity index (χ4n) is 1.99. The summed E-state index contributed by atoms with van der Waals surface area (Å²) >= 11 is 0. The van der Waals surface area contributed by atoms with Crippen molar-refractivity contribution in [3.63, 3.8) is 0 Å². The van der Waals surface area contributed by atoms with Crippen molar-refractivity contribution in [2.75, 3.05) is 11.1 Å². The van der Waals surface area contributed by atoms with E-state index in [0.717, 1.165) is 12.8 Å². The fourth-order valence-corrected chi connectivity index (χ4v) is 1.99. The normalized spacial score (nSPS) is 16.1. The van der Waals surface area contributed by atoms with Crippen molar-refractivity contribution in [2.45, 2.75) is 31.8 Å². The lowest BCUT2D eigenvalue weighted by Gasteiger charge is -2.16. The molecule has 1 aliphatic carbocycles. The molecule has 3 rings (SSSR count). The lowest BCUT2D eigenvalue weighted by Crippen LogP contribution is -2.38. The van der Waals surface area contributed by atoms with Gasteiger partial charge in [-0.2, -0.15) is 0 Å². The second-order valence-corrected chi connectivity index (χ2v) is 5.10. The van der Waals surface area contributed by atoms with Gasteiger partial charge in [-0.25, -0.2) is 4.79 Å². The maximum absolute atomic E-state index is 11.9. The molecule has 1 heterocycles. The van der Waals surface area contributed by atoms with Gasteiger partial charge < -0.3 is 20.8 Å². The number of anilines is 2. The summed E-state index contributed by atoms with van der Waals surface area (Å²) in [7, 11) is 0. The Morgan fingerprint density at radius 3 is 2.95 bits per heavy atom. The van der Waals surface area contributed by atoms with Gasteiger partial charge in [0.25, 0.3) is 0 Å². The van der Waals surface area contributed by atoms with Crippen molar-refractivity contribution in [1.82, 2.24) is 10.3 Å². The average Bonchev–Trinajstić information content (AvgIpc) is 3.11. The van der Waals surface area contributed by atoms with Crippen LogP contribution in [0.2, 0.25) is 0 Å². The van der Waals surface area contributed by atoms with Crippen LogP contribution in [0.25, 0.3) is 11.1 Å². The molecule has 0 radical (unpaired) electrons. The van der Waals surface area contributed by atoms with Crippen LogP contribution in [-0.4, -0.2) is 23.0 Å². The van der Waals surface area contributed by atoms with E-state index in [1.807, 2.05) is 0 Å². The van der Waals surface area contributed by atoms with Gasteiger partial charge in [0.1, 0.15) is 6.04 Å². The highest BCUT2D eigenvalue weighted by molar-refractivity contribution is 5.89. The number of amides is 1. The summed E-state index contributed by atoms with van der Waals surface area (Å²) in [5.41, 5.74) is 7.84. The standard InChI is InChI=1S/C13H16N4O3/c1-6(12(18)16-7-2-3-7)15-9-5-10-11(4-8(9)14)20-13(19)17-10/h4-7,15H,2-3,14H2,1H3,(H,16,18)(H,17,19). The van der Waals surface area contributed by atoms with E-state index in [2.05, 4.69) is 15.6 Å². The van der Waals surface area contributed by atoms with Gasteiger partial charge in [0.05, 0.1) is 16.9 Å². The van der Waals surface area contributed by atoms with Crippen LogP contribution < -0.4 is 22.1 Å². The van der Waals surface area contributed by atoms with Crippen LogP contribution in [0.15, 0.2) is 21.3 Å². The maximum atomic E-state index is 11.9. The highest BCUT2D eigenvalue weighted by Gasteiger charge is 2.25. The Hall–Kier alpha value is -2.44. The minimum absolute atomic E-state index is 0.0623. The van der Waals surface area contributed by atoms with Gasteiger partial charge >= 0.3 is 5.76 Å². The SMILES string of the molecule is CC(Nc1cc2[nH]c(=O)oc2cc1N)C(=O)NC1CC1. The van der Waals surface area contributed by atoms with Gasteiger partial charge in [-0.3, -0.25) is 9.78 Å². The number of nitrogen functional groups attached to an aromatic ring is 1. The number of carbonyl (C=O) groups excluding carboxylic acids is 1. The van der Waals surface area contributed by atoms with Crippen LogP contribution in [0.1, 0.15) is 19.8 Å². The zero-order valence-electron chi connectivity index (χ0n) is 11.0. The number of aromatic nitrogens is 1. The number of H-pyrrole nitrogens is 1. The van der Waals surface area contributed by atoms with E-state index in [1.54, 1.807) is 19.1 Å². The Kier molecular flexibility index (Phi) is 2.89. The molecule has 0 aliphatic heterocycles. The van der Waals surface area contributed by atoms with Crippen LogP contribution in [0.5, 0.6) is 0 Å². The summed E-state index contributed by atoms with van der Waals surface area (Å²) in [6.07, 6.45) is 2.09. The van der Waals surface area contributed by atoms with Crippen LogP contribution in [0, 0.1) is 0 Å². The summed E-state index contributed by atoms with van der Waals surface area (Å²) < 4.78 is 4.92. The zero-order valence-corrected chi connectivity index (χ0v) is 11.0. The van der Waals surface area contributed by atoms with E-state index in [0.29, 0.717) is 28.5 Å². The number of hydrogen-bond donors (Lipinski definition) is 4. The van der Waals surface area contributed by atoms with Gasteiger partial charge in [-0.1, -0.05) is 0 Å². The molecule has 5 N–H and O–H groups in total. The minimum Gasteiger partial charge on any atom is -0.408 e. The van der Waals surface area contributed by atoms with E-state index in [1.165, 1.54) is 0 Å². The van der Waals surface area contributed by atoms with E-state index in [9.17, 15) is 9.59 Å². The van der Waals surface area contributed by atoms with Crippen molar-refractivity contribution in [3.8, 4) is 0 Å². The third-order valence-electron chi connectivity index (χ3n) is 3.28. The monoisotopic (exact) mass is 276 g/mol. The van der Waals surface area contributed by atoms with E-state index in [-0.39, 0.29) is 5.91 Å². The zero-order chi connectivity index (χ0) is 14.3. The first-order valence-corrected chi connectivity index (χ1v) is 6.52. The number of nitrogens with one attached hydrogen (secondary N) is 3. The highest BCUT2D eigenvalue weighted by atomic mass is 16.4. The number of benzene rings is 1. The smallest absolute Gasteiger partial charge is 0.408 e. The molecule has 1 fully saturated rings. The molecule has 0 spiro atoms. The van der Waals surface area contributed by atoms with E-state index < -0.39 is 11.8 Å².